The van der Waals surface area contributed by atoms with Crippen molar-refractivity contribution < 1.29 is 0 Å². The van der Waals surface area contributed by atoms with Gasteiger partial charge in [0.15, 0.2) is 0 Å². The van der Waals surface area contributed by atoms with E-state index in [1.807, 2.05) is 13.8 Å². The van der Waals surface area contributed by atoms with Crippen LogP contribution < -0.4 is 0 Å². The third kappa shape index (κ3) is 5.55. The van der Waals surface area contributed by atoms with Crippen molar-refractivity contribution in [1.82, 2.24) is 4.90 Å². The molecule has 1 rings (SSSR count). The van der Waals surface area contributed by atoms with Gasteiger partial charge in [-0.1, -0.05) is 47.5 Å². The Morgan fingerprint density at radius 2 is 1.80 bits per heavy atom. The lowest BCUT2D eigenvalue weighted by atomic mass is 9.91. The minimum Gasteiger partial charge on any atom is -0.300 e. The Hall–Kier alpha value is -0.0400. The van der Waals surface area contributed by atoms with E-state index >= 15 is 0 Å². The van der Waals surface area contributed by atoms with Crippen LogP contribution in [0.3, 0.4) is 0 Å². The molecule has 1 aliphatic heterocycles. The predicted molar refractivity (Wildman–Crippen MR) is 70.3 cm³/mol. The molecule has 15 heavy (non-hydrogen) atoms. The predicted octanol–water partition coefficient (Wildman–Crippen LogP) is 4.32. The molecule has 0 aromatic heterocycles. The number of hydrogen-bond donors (Lipinski definition) is 0. The summed E-state index contributed by atoms with van der Waals surface area (Å²) >= 11 is 0. The van der Waals surface area contributed by atoms with Crippen molar-refractivity contribution in [3.05, 3.63) is 0 Å². The Labute approximate surface area is 97.2 Å². The highest BCUT2D eigenvalue weighted by Crippen LogP contribution is 2.24. The molecule has 0 saturated carbocycles. The average Bonchev–Trinajstić information content (AvgIpc) is 2.30. The Morgan fingerprint density at radius 1 is 1.13 bits per heavy atom. The monoisotopic (exact) mass is 213 g/mol. The summed E-state index contributed by atoms with van der Waals surface area (Å²) in [4.78, 5) is 2.68. The molecule has 0 N–H and O–H groups in total. The first-order valence-electron chi connectivity index (χ1n) is 7.02. The normalized spacial score (nSPS) is 27.0. The molecule has 2 atom stereocenters. The quantitative estimate of drug-likeness (QED) is 0.672. The van der Waals surface area contributed by atoms with Crippen LogP contribution in [-0.4, -0.2) is 24.0 Å². The summed E-state index contributed by atoms with van der Waals surface area (Å²) in [6.07, 6.45) is 7.08. The van der Waals surface area contributed by atoms with E-state index in [1.165, 1.54) is 45.2 Å². The molecular weight excluding hydrogens is 182 g/mol. The summed E-state index contributed by atoms with van der Waals surface area (Å²) in [7, 11) is 0. The van der Waals surface area contributed by atoms with Gasteiger partial charge in [0.2, 0.25) is 0 Å². The molecule has 0 aromatic carbocycles. The first-order valence-corrected chi connectivity index (χ1v) is 7.02. The maximum Gasteiger partial charge on any atom is 0.00953 e. The maximum absolute atomic E-state index is 2.68. The largest absolute Gasteiger partial charge is 0.300 e. The van der Waals surface area contributed by atoms with Gasteiger partial charge in [0, 0.05) is 12.6 Å². The Balaban J connectivity index is 0.000000921. The number of hydrogen-bond acceptors (Lipinski definition) is 1. The maximum atomic E-state index is 2.68. The first-order chi connectivity index (χ1) is 7.27. The van der Waals surface area contributed by atoms with Crippen LogP contribution >= 0.6 is 0 Å². The third-order valence-electron chi connectivity index (χ3n) is 3.35. The molecule has 2 unspecified atom stereocenters. The average molecular weight is 213 g/mol. The fourth-order valence-electron chi connectivity index (χ4n) is 2.45. The zero-order valence-electron chi connectivity index (χ0n) is 11.6. The summed E-state index contributed by atoms with van der Waals surface area (Å²) in [6, 6.07) is 0.904. The molecule has 1 fully saturated rings. The summed E-state index contributed by atoms with van der Waals surface area (Å²) in [6.45, 7) is 13.6. The highest BCUT2D eigenvalue weighted by atomic mass is 15.2. The van der Waals surface area contributed by atoms with Gasteiger partial charge < -0.3 is 4.90 Å². The van der Waals surface area contributed by atoms with Gasteiger partial charge in [-0.15, -0.1) is 0 Å². The Morgan fingerprint density at radius 3 is 2.33 bits per heavy atom. The smallest absolute Gasteiger partial charge is 0.00953 e. The fraction of sp³-hybridized carbons (Fsp3) is 1.00. The standard InChI is InChI=1S/C12H25N.C2H6/c1-4-6-7-12-9-8-11(3)10-13(12)5-2;1-2/h11-12H,4-10H2,1-3H3;1-2H3. The van der Waals surface area contributed by atoms with E-state index < -0.39 is 0 Å². The second kappa shape index (κ2) is 9.21. The van der Waals surface area contributed by atoms with Gasteiger partial charge in [0.1, 0.15) is 0 Å². The molecule has 1 heterocycles. The molecule has 0 amide bonds. The Kier molecular flexibility index (Phi) is 9.18. The van der Waals surface area contributed by atoms with Crippen LogP contribution in [0.5, 0.6) is 0 Å². The van der Waals surface area contributed by atoms with Gasteiger partial charge in [-0.05, 0) is 31.7 Å². The highest BCUT2D eigenvalue weighted by molar-refractivity contribution is 4.78. The zero-order chi connectivity index (χ0) is 11.7. The fourth-order valence-corrected chi connectivity index (χ4v) is 2.45. The van der Waals surface area contributed by atoms with E-state index in [-0.39, 0.29) is 0 Å². The second-order valence-corrected chi connectivity index (χ2v) is 4.57. The summed E-state index contributed by atoms with van der Waals surface area (Å²) in [5, 5.41) is 0. The van der Waals surface area contributed by atoms with Crippen LogP contribution in [0.1, 0.15) is 66.7 Å². The van der Waals surface area contributed by atoms with Gasteiger partial charge in [0.25, 0.3) is 0 Å². The van der Waals surface area contributed by atoms with Crippen molar-refractivity contribution in [2.24, 2.45) is 5.92 Å². The molecule has 92 valence electrons. The van der Waals surface area contributed by atoms with Crippen LogP contribution in [0.4, 0.5) is 0 Å². The molecule has 1 nitrogen and oxygen atoms in total. The number of nitrogens with zero attached hydrogens (tertiary/aromatic N) is 1. The number of piperidine rings is 1. The van der Waals surface area contributed by atoms with Crippen molar-refractivity contribution in [2.45, 2.75) is 72.8 Å². The summed E-state index contributed by atoms with van der Waals surface area (Å²) < 4.78 is 0. The van der Waals surface area contributed by atoms with E-state index in [0.29, 0.717) is 0 Å². The molecule has 0 spiro atoms. The van der Waals surface area contributed by atoms with Gasteiger partial charge in [-0.25, -0.2) is 0 Å². The van der Waals surface area contributed by atoms with Crippen LogP contribution in [0.2, 0.25) is 0 Å². The lowest BCUT2D eigenvalue weighted by Gasteiger charge is -2.38. The van der Waals surface area contributed by atoms with Crippen LogP contribution in [-0.2, 0) is 0 Å². The number of rotatable bonds is 4. The molecule has 1 aliphatic rings. The second-order valence-electron chi connectivity index (χ2n) is 4.57. The minimum absolute atomic E-state index is 0.904. The molecule has 0 aromatic rings. The van der Waals surface area contributed by atoms with Crippen molar-refractivity contribution in [2.75, 3.05) is 13.1 Å². The number of unbranched alkanes of at least 4 members (excludes halogenated alkanes) is 1. The Bertz CT molecular complexity index is 131. The summed E-state index contributed by atoms with van der Waals surface area (Å²) in [5.74, 6) is 0.929. The van der Waals surface area contributed by atoms with Crippen molar-refractivity contribution in [3.63, 3.8) is 0 Å². The molecule has 0 aliphatic carbocycles. The van der Waals surface area contributed by atoms with Crippen molar-refractivity contribution in [3.8, 4) is 0 Å². The molecular formula is C14H31N. The molecule has 1 saturated heterocycles. The van der Waals surface area contributed by atoms with E-state index in [1.54, 1.807) is 0 Å². The van der Waals surface area contributed by atoms with Crippen LogP contribution in [0, 0.1) is 5.92 Å². The lowest BCUT2D eigenvalue weighted by molar-refractivity contribution is 0.112. The van der Waals surface area contributed by atoms with E-state index in [2.05, 4.69) is 25.7 Å². The SMILES string of the molecule is CC.CCCCC1CCC(C)CN1CC. The van der Waals surface area contributed by atoms with Crippen molar-refractivity contribution >= 4 is 0 Å². The zero-order valence-corrected chi connectivity index (χ0v) is 11.6. The molecule has 0 radical (unpaired) electrons. The highest BCUT2D eigenvalue weighted by Gasteiger charge is 2.23. The topological polar surface area (TPSA) is 3.24 Å². The lowest BCUT2D eigenvalue weighted by Crippen LogP contribution is -2.42. The van der Waals surface area contributed by atoms with Crippen LogP contribution in [0.15, 0.2) is 0 Å². The van der Waals surface area contributed by atoms with Crippen LogP contribution in [0.25, 0.3) is 0 Å². The van der Waals surface area contributed by atoms with Crippen molar-refractivity contribution in [1.29, 1.82) is 0 Å². The van der Waals surface area contributed by atoms with E-state index in [9.17, 15) is 0 Å². The molecule has 0 bridgehead atoms. The minimum atomic E-state index is 0.904. The third-order valence-corrected chi connectivity index (χ3v) is 3.35. The molecule has 1 heteroatoms. The van der Waals surface area contributed by atoms with Gasteiger partial charge >= 0.3 is 0 Å². The van der Waals surface area contributed by atoms with Gasteiger partial charge in [0.05, 0.1) is 0 Å². The summed E-state index contributed by atoms with van der Waals surface area (Å²) in [5.41, 5.74) is 0. The van der Waals surface area contributed by atoms with E-state index in [0.717, 1.165) is 12.0 Å². The first kappa shape index (κ1) is 15.0. The van der Waals surface area contributed by atoms with Gasteiger partial charge in [-0.3, -0.25) is 0 Å². The van der Waals surface area contributed by atoms with E-state index in [4.69, 9.17) is 0 Å². The number of likely N-dealkylation sites (tertiary alicyclic amines) is 1. The van der Waals surface area contributed by atoms with Gasteiger partial charge in [-0.2, -0.15) is 0 Å².